The number of H-pyrrole nitrogens is 1. The van der Waals surface area contributed by atoms with Crippen molar-refractivity contribution >= 4 is 36.1 Å². The first-order valence-electron chi connectivity index (χ1n) is 13.0. The Morgan fingerprint density at radius 3 is 2.15 bits per heavy atom. The van der Waals surface area contributed by atoms with Crippen LogP contribution in [0.25, 0.3) is 10.9 Å². The van der Waals surface area contributed by atoms with Crippen LogP contribution in [0.1, 0.15) is 54.0 Å². The van der Waals surface area contributed by atoms with Crippen LogP contribution in [0.4, 0.5) is 0 Å². The van der Waals surface area contributed by atoms with Gasteiger partial charge in [-0.2, -0.15) is 0 Å². The van der Waals surface area contributed by atoms with Gasteiger partial charge >= 0.3 is 0 Å². The zero-order chi connectivity index (χ0) is 24.9. The van der Waals surface area contributed by atoms with Gasteiger partial charge in [-0.25, -0.2) is 9.98 Å². The minimum absolute atomic E-state index is 0.0974. The molecule has 0 fully saturated rings. The number of aliphatic imine (C=N–C) groups is 2. The molecular formula is C27H43N3O3Si. The van der Waals surface area contributed by atoms with Crippen molar-refractivity contribution < 1.29 is 14.2 Å². The van der Waals surface area contributed by atoms with Gasteiger partial charge < -0.3 is 19.2 Å². The molecule has 0 saturated carbocycles. The Morgan fingerprint density at radius 2 is 1.59 bits per heavy atom. The third-order valence-electron chi connectivity index (χ3n) is 7.37. The van der Waals surface area contributed by atoms with E-state index in [1.165, 1.54) is 34.4 Å². The molecule has 2 aromatic rings. The van der Waals surface area contributed by atoms with E-state index in [1.54, 1.807) is 7.11 Å². The zero-order valence-electron chi connectivity index (χ0n) is 22.3. The Kier molecular flexibility index (Phi) is 8.85. The molecule has 0 aliphatic carbocycles. The maximum absolute atomic E-state index is 6.07. The quantitative estimate of drug-likeness (QED) is 0.438. The molecule has 2 heterocycles. The van der Waals surface area contributed by atoms with Crippen molar-refractivity contribution in [1.29, 1.82) is 0 Å². The third-order valence-corrected chi connectivity index (χ3v) is 12.9. The predicted octanol–water partition coefficient (Wildman–Crippen LogP) is 5.71. The van der Waals surface area contributed by atoms with Gasteiger partial charge in [0, 0.05) is 28.7 Å². The van der Waals surface area contributed by atoms with E-state index >= 15 is 0 Å². The van der Waals surface area contributed by atoms with Gasteiger partial charge in [-0.1, -0.05) is 52.8 Å². The molecule has 0 spiro atoms. The van der Waals surface area contributed by atoms with Crippen molar-refractivity contribution in [3.63, 3.8) is 0 Å². The van der Waals surface area contributed by atoms with Crippen LogP contribution in [0.15, 0.2) is 28.2 Å². The van der Waals surface area contributed by atoms with Gasteiger partial charge in [-0.15, -0.1) is 0 Å². The van der Waals surface area contributed by atoms with E-state index in [4.69, 9.17) is 24.2 Å². The minimum Gasteiger partial charge on any atom is -0.497 e. The van der Waals surface area contributed by atoms with E-state index in [2.05, 4.69) is 57.8 Å². The smallest absolute Gasteiger partial charge is 0.210 e. The number of hydrogen-bond donors (Lipinski definition) is 1. The van der Waals surface area contributed by atoms with Crippen LogP contribution >= 0.6 is 0 Å². The zero-order valence-corrected chi connectivity index (χ0v) is 23.3. The molecule has 0 amide bonds. The summed E-state index contributed by atoms with van der Waals surface area (Å²) in [6.07, 6.45) is 0.747. The number of nitrogens with one attached hydrogen (secondary N) is 1. The standard InChI is InChI=1S/C27H43N3O3Si/c1-9-32-25-23(28-26(33-10-2)24(30-25)18(6)7)17-21-20-15-14-19(31-8)16-22(20)29-27(21)34(11-3,12-4)13-5/h14-16,18,23-24,29H,9-13,17H2,1-8H3/t23-,24+/m1/s1. The van der Waals surface area contributed by atoms with Gasteiger partial charge in [0.1, 0.15) is 25.9 Å². The van der Waals surface area contributed by atoms with E-state index < -0.39 is 8.07 Å². The summed E-state index contributed by atoms with van der Waals surface area (Å²) in [6.45, 7) is 16.5. The van der Waals surface area contributed by atoms with Crippen LogP contribution in [0.5, 0.6) is 5.75 Å². The number of methoxy groups -OCH3 is 1. The number of hydrogen-bond acceptors (Lipinski definition) is 5. The summed E-state index contributed by atoms with van der Waals surface area (Å²) in [5.41, 5.74) is 2.49. The lowest BCUT2D eigenvalue weighted by atomic mass is 10.00. The van der Waals surface area contributed by atoms with Crippen LogP contribution < -0.4 is 10.1 Å². The van der Waals surface area contributed by atoms with Crippen LogP contribution in [0.3, 0.4) is 0 Å². The SMILES string of the molecule is CCOC1=N[C@H](Cc2c([Si](CC)(CC)CC)[nH]c3cc(OC)ccc23)C(OCC)=N[C@H]1C(C)C. The highest BCUT2D eigenvalue weighted by atomic mass is 28.3. The Bertz CT molecular complexity index is 1020. The van der Waals surface area contributed by atoms with Crippen LogP contribution in [-0.2, 0) is 15.9 Å². The fourth-order valence-electron chi connectivity index (χ4n) is 5.18. The molecule has 0 saturated heterocycles. The first-order valence-corrected chi connectivity index (χ1v) is 15.6. The lowest BCUT2D eigenvalue weighted by Crippen LogP contribution is -2.49. The van der Waals surface area contributed by atoms with Gasteiger partial charge in [0.15, 0.2) is 0 Å². The number of aromatic amines is 1. The first kappa shape index (κ1) is 26.3. The van der Waals surface area contributed by atoms with Gasteiger partial charge in [-0.05, 0) is 37.5 Å². The minimum atomic E-state index is -1.69. The number of aromatic nitrogens is 1. The highest BCUT2D eigenvalue weighted by Gasteiger charge is 2.37. The van der Waals surface area contributed by atoms with Gasteiger partial charge in [0.05, 0.1) is 20.3 Å². The average molecular weight is 486 g/mol. The van der Waals surface area contributed by atoms with Crippen LogP contribution in [0.2, 0.25) is 18.1 Å². The number of fused-ring (bicyclic) bond motifs is 1. The number of nitrogens with zero attached hydrogens (tertiary/aromatic N) is 2. The van der Waals surface area contributed by atoms with Gasteiger partial charge in [0.25, 0.3) is 0 Å². The van der Waals surface area contributed by atoms with E-state index in [9.17, 15) is 0 Å². The molecule has 3 rings (SSSR count). The first-order chi connectivity index (χ1) is 16.4. The maximum Gasteiger partial charge on any atom is 0.210 e. The Balaban J connectivity index is 2.16. The molecule has 1 N–H and O–H groups in total. The number of benzene rings is 1. The van der Waals surface area contributed by atoms with Gasteiger partial charge in [0.2, 0.25) is 11.8 Å². The average Bonchev–Trinajstić information content (AvgIpc) is 3.20. The van der Waals surface area contributed by atoms with E-state index in [1.807, 2.05) is 13.8 Å². The molecule has 1 aliphatic heterocycles. The molecule has 7 heteroatoms. The second-order valence-electron chi connectivity index (χ2n) is 9.44. The number of rotatable bonds is 10. The predicted molar refractivity (Wildman–Crippen MR) is 146 cm³/mol. The molecule has 1 aromatic heterocycles. The summed E-state index contributed by atoms with van der Waals surface area (Å²) >= 11 is 0. The normalized spacial score (nSPS) is 18.7. The molecular weight excluding hydrogens is 442 g/mol. The second-order valence-corrected chi connectivity index (χ2v) is 14.6. The molecule has 6 nitrogen and oxygen atoms in total. The summed E-state index contributed by atoms with van der Waals surface area (Å²) in [4.78, 5) is 14.0. The van der Waals surface area contributed by atoms with Crippen molar-refractivity contribution in [1.82, 2.24) is 4.98 Å². The van der Waals surface area contributed by atoms with Gasteiger partial charge in [-0.3, -0.25) is 0 Å². The van der Waals surface area contributed by atoms with Crippen LogP contribution in [0, 0.1) is 5.92 Å². The summed E-state index contributed by atoms with van der Waals surface area (Å²) < 4.78 is 17.6. The monoisotopic (exact) mass is 485 g/mol. The van der Waals surface area contributed by atoms with Crippen molar-refractivity contribution in [3.05, 3.63) is 23.8 Å². The van der Waals surface area contributed by atoms with Crippen LogP contribution in [-0.4, -0.2) is 57.3 Å². The second kappa shape index (κ2) is 11.4. The Hall–Kier alpha value is -2.28. The summed E-state index contributed by atoms with van der Waals surface area (Å²) in [7, 11) is 0.0252. The summed E-state index contributed by atoms with van der Waals surface area (Å²) in [5, 5.41) is 2.69. The largest absolute Gasteiger partial charge is 0.497 e. The van der Waals surface area contributed by atoms with Crippen molar-refractivity contribution in [3.8, 4) is 5.75 Å². The Labute approximate surface area is 206 Å². The lowest BCUT2D eigenvalue weighted by molar-refractivity contribution is 0.276. The lowest BCUT2D eigenvalue weighted by Gasteiger charge is -2.31. The fraction of sp³-hybridized carbons (Fsp3) is 0.630. The highest BCUT2D eigenvalue weighted by molar-refractivity contribution is 6.91. The summed E-state index contributed by atoms with van der Waals surface area (Å²) in [5.74, 6) is 2.63. The molecule has 0 unspecified atom stereocenters. The van der Waals surface area contributed by atoms with Crippen molar-refractivity contribution in [2.75, 3.05) is 20.3 Å². The summed E-state index contributed by atoms with van der Waals surface area (Å²) in [6, 6.07) is 9.69. The Morgan fingerprint density at radius 1 is 0.941 bits per heavy atom. The van der Waals surface area contributed by atoms with Crippen molar-refractivity contribution in [2.45, 2.75) is 85.1 Å². The topological polar surface area (TPSA) is 68.2 Å². The molecule has 1 aromatic carbocycles. The molecule has 188 valence electrons. The number of ether oxygens (including phenoxy) is 3. The third kappa shape index (κ3) is 5.04. The molecule has 1 aliphatic rings. The van der Waals surface area contributed by atoms with E-state index in [-0.39, 0.29) is 18.0 Å². The molecule has 34 heavy (non-hydrogen) atoms. The molecule has 0 radical (unpaired) electrons. The fourth-order valence-corrected chi connectivity index (χ4v) is 9.02. The molecule has 0 bridgehead atoms. The molecule has 2 atom stereocenters. The van der Waals surface area contributed by atoms with Crippen molar-refractivity contribution in [2.24, 2.45) is 15.9 Å². The highest BCUT2D eigenvalue weighted by Crippen LogP contribution is 2.30. The maximum atomic E-state index is 6.07. The van der Waals surface area contributed by atoms with E-state index in [0.29, 0.717) is 13.2 Å². The van der Waals surface area contributed by atoms with E-state index in [0.717, 1.165) is 29.5 Å².